The fourth-order valence-electron chi connectivity index (χ4n) is 1.49. The van der Waals surface area contributed by atoms with Crippen molar-refractivity contribution in [2.24, 2.45) is 11.1 Å². The number of nitrogens with zero attached hydrogens (tertiary/aromatic N) is 2. The van der Waals surface area contributed by atoms with E-state index in [1.54, 1.807) is 0 Å². The van der Waals surface area contributed by atoms with Crippen LogP contribution in [0.2, 0.25) is 0 Å². The molecule has 1 aromatic rings. The maximum atomic E-state index is 11.3. The van der Waals surface area contributed by atoms with Crippen molar-refractivity contribution in [1.29, 1.82) is 0 Å². The standard InChI is InChI=1S/C10H19N5O/c1-10(2,4-11)5-15(3)8-7(12)9(16)14-6-13-8/h6H,4-5,11-12H2,1-3H3,(H,13,14,16). The van der Waals surface area contributed by atoms with E-state index >= 15 is 0 Å². The minimum Gasteiger partial charge on any atom is -0.391 e. The van der Waals surface area contributed by atoms with Crippen LogP contribution in [0, 0.1) is 5.41 Å². The van der Waals surface area contributed by atoms with Crippen molar-refractivity contribution >= 4 is 11.5 Å². The summed E-state index contributed by atoms with van der Waals surface area (Å²) in [5, 5.41) is 0. The largest absolute Gasteiger partial charge is 0.391 e. The molecule has 0 radical (unpaired) electrons. The van der Waals surface area contributed by atoms with Gasteiger partial charge in [0.1, 0.15) is 5.69 Å². The highest BCUT2D eigenvalue weighted by atomic mass is 16.1. The van der Waals surface area contributed by atoms with Crippen LogP contribution in [0.15, 0.2) is 11.1 Å². The fourth-order valence-corrected chi connectivity index (χ4v) is 1.49. The van der Waals surface area contributed by atoms with Crippen LogP contribution in [0.1, 0.15) is 13.8 Å². The topological polar surface area (TPSA) is 101 Å². The molecule has 1 rings (SSSR count). The third-order valence-electron chi connectivity index (χ3n) is 2.45. The molecule has 0 fully saturated rings. The number of anilines is 2. The summed E-state index contributed by atoms with van der Waals surface area (Å²) in [7, 11) is 1.84. The van der Waals surface area contributed by atoms with Crippen LogP contribution in [0.25, 0.3) is 0 Å². The summed E-state index contributed by atoms with van der Waals surface area (Å²) in [5.41, 5.74) is 11.1. The predicted octanol–water partition coefficient (Wildman–Crippen LogP) is -0.227. The van der Waals surface area contributed by atoms with Crippen LogP contribution in [-0.2, 0) is 0 Å². The summed E-state index contributed by atoms with van der Waals surface area (Å²) >= 11 is 0. The van der Waals surface area contributed by atoms with Gasteiger partial charge >= 0.3 is 0 Å². The molecule has 6 heteroatoms. The number of aromatic amines is 1. The molecule has 0 aliphatic carbocycles. The molecule has 90 valence electrons. The molecule has 16 heavy (non-hydrogen) atoms. The highest BCUT2D eigenvalue weighted by Gasteiger charge is 2.20. The van der Waals surface area contributed by atoms with Gasteiger partial charge in [-0.25, -0.2) is 4.98 Å². The van der Waals surface area contributed by atoms with E-state index in [9.17, 15) is 4.79 Å². The van der Waals surface area contributed by atoms with E-state index in [2.05, 4.69) is 9.97 Å². The van der Waals surface area contributed by atoms with Crippen molar-refractivity contribution < 1.29 is 0 Å². The maximum absolute atomic E-state index is 11.3. The molecule has 6 nitrogen and oxygen atoms in total. The molecular formula is C10H19N5O. The smallest absolute Gasteiger partial charge is 0.276 e. The molecule has 0 saturated heterocycles. The lowest BCUT2D eigenvalue weighted by Gasteiger charge is -2.29. The SMILES string of the molecule is CN(CC(C)(C)CN)c1nc[nH]c(=O)c1N. The van der Waals surface area contributed by atoms with Crippen molar-refractivity contribution in [2.75, 3.05) is 30.8 Å². The van der Waals surface area contributed by atoms with E-state index in [-0.39, 0.29) is 16.7 Å². The number of aromatic nitrogens is 2. The van der Waals surface area contributed by atoms with E-state index < -0.39 is 0 Å². The van der Waals surface area contributed by atoms with Gasteiger partial charge in [-0.1, -0.05) is 13.8 Å². The number of nitrogens with one attached hydrogen (secondary N) is 1. The number of nitrogen functional groups attached to an aromatic ring is 1. The van der Waals surface area contributed by atoms with Gasteiger partial charge in [0.25, 0.3) is 5.56 Å². The van der Waals surface area contributed by atoms with E-state index in [1.165, 1.54) is 6.33 Å². The first-order chi connectivity index (χ1) is 7.37. The summed E-state index contributed by atoms with van der Waals surface area (Å²) < 4.78 is 0. The first-order valence-electron chi connectivity index (χ1n) is 5.12. The van der Waals surface area contributed by atoms with Gasteiger partial charge in [-0.3, -0.25) is 4.79 Å². The molecule has 0 aliphatic rings. The molecule has 0 amide bonds. The minimum absolute atomic E-state index is 0.0501. The van der Waals surface area contributed by atoms with E-state index in [0.717, 1.165) is 0 Å². The third-order valence-corrected chi connectivity index (χ3v) is 2.45. The third kappa shape index (κ3) is 2.73. The van der Waals surface area contributed by atoms with E-state index in [0.29, 0.717) is 18.9 Å². The summed E-state index contributed by atoms with van der Waals surface area (Å²) in [5.74, 6) is 0.491. The number of H-pyrrole nitrogens is 1. The second-order valence-electron chi connectivity index (χ2n) is 4.69. The highest BCUT2D eigenvalue weighted by Crippen LogP contribution is 2.20. The average Bonchev–Trinajstić information content (AvgIpc) is 2.21. The number of rotatable bonds is 4. The van der Waals surface area contributed by atoms with Crippen LogP contribution < -0.4 is 21.9 Å². The Morgan fingerprint density at radius 2 is 2.19 bits per heavy atom. The Labute approximate surface area is 94.7 Å². The summed E-state index contributed by atoms with van der Waals surface area (Å²) in [4.78, 5) is 19.6. The average molecular weight is 225 g/mol. The number of hydrogen-bond acceptors (Lipinski definition) is 5. The van der Waals surface area contributed by atoms with Crippen LogP contribution in [-0.4, -0.2) is 30.1 Å². The number of hydrogen-bond donors (Lipinski definition) is 3. The lowest BCUT2D eigenvalue weighted by Crippen LogP contribution is -2.38. The molecule has 0 bridgehead atoms. The van der Waals surface area contributed by atoms with Gasteiger partial charge in [0.15, 0.2) is 5.82 Å². The van der Waals surface area contributed by atoms with Crippen molar-refractivity contribution in [3.05, 3.63) is 16.7 Å². The molecule has 0 spiro atoms. The Kier molecular flexibility index (Phi) is 3.54. The summed E-state index contributed by atoms with van der Waals surface area (Å²) in [6.45, 7) is 5.34. The van der Waals surface area contributed by atoms with Crippen LogP contribution in [0.3, 0.4) is 0 Å². The van der Waals surface area contributed by atoms with Crippen LogP contribution >= 0.6 is 0 Å². The maximum Gasteiger partial charge on any atom is 0.276 e. The fraction of sp³-hybridized carbons (Fsp3) is 0.600. The first kappa shape index (κ1) is 12.5. The summed E-state index contributed by atoms with van der Waals surface area (Å²) in [6.07, 6.45) is 1.35. The highest BCUT2D eigenvalue weighted by molar-refractivity contribution is 5.60. The van der Waals surface area contributed by atoms with Crippen molar-refractivity contribution in [3.8, 4) is 0 Å². The zero-order valence-corrected chi connectivity index (χ0v) is 9.95. The van der Waals surface area contributed by atoms with Gasteiger partial charge in [0.05, 0.1) is 6.33 Å². The Bertz CT molecular complexity index is 412. The molecule has 1 aromatic heterocycles. The molecule has 0 aromatic carbocycles. The van der Waals surface area contributed by atoms with Crippen molar-refractivity contribution in [1.82, 2.24) is 9.97 Å². The Balaban J connectivity index is 2.93. The van der Waals surface area contributed by atoms with Gasteiger partial charge in [-0.05, 0) is 12.0 Å². The zero-order valence-electron chi connectivity index (χ0n) is 9.95. The first-order valence-corrected chi connectivity index (χ1v) is 5.12. The normalized spacial score (nSPS) is 11.5. The zero-order chi connectivity index (χ0) is 12.3. The Morgan fingerprint density at radius 3 is 2.75 bits per heavy atom. The van der Waals surface area contributed by atoms with E-state index in [4.69, 9.17) is 11.5 Å². The monoisotopic (exact) mass is 225 g/mol. The molecule has 5 N–H and O–H groups in total. The minimum atomic E-state index is -0.317. The molecule has 0 aliphatic heterocycles. The molecule has 0 unspecified atom stereocenters. The van der Waals surface area contributed by atoms with Gasteiger partial charge in [0.2, 0.25) is 0 Å². The lowest BCUT2D eigenvalue weighted by atomic mass is 9.93. The van der Waals surface area contributed by atoms with Gasteiger partial charge in [0, 0.05) is 13.6 Å². The molecule has 1 heterocycles. The van der Waals surface area contributed by atoms with Crippen LogP contribution in [0.5, 0.6) is 0 Å². The van der Waals surface area contributed by atoms with Gasteiger partial charge in [-0.2, -0.15) is 0 Å². The Hall–Kier alpha value is -1.56. The Morgan fingerprint density at radius 1 is 1.56 bits per heavy atom. The van der Waals surface area contributed by atoms with Gasteiger partial charge in [-0.15, -0.1) is 0 Å². The number of nitrogens with two attached hydrogens (primary N) is 2. The molecular weight excluding hydrogens is 206 g/mol. The second kappa shape index (κ2) is 4.52. The quantitative estimate of drug-likeness (QED) is 0.657. The molecule has 0 atom stereocenters. The van der Waals surface area contributed by atoms with Crippen LogP contribution in [0.4, 0.5) is 11.5 Å². The van der Waals surface area contributed by atoms with E-state index in [1.807, 2.05) is 25.8 Å². The molecule has 0 saturated carbocycles. The second-order valence-corrected chi connectivity index (χ2v) is 4.69. The van der Waals surface area contributed by atoms with Gasteiger partial charge < -0.3 is 21.4 Å². The summed E-state index contributed by atoms with van der Waals surface area (Å²) in [6, 6.07) is 0. The van der Waals surface area contributed by atoms with Crippen molar-refractivity contribution in [3.63, 3.8) is 0 Å². The predicted molar refractivity (Wildman–Crippen MR) is 65.4 cm³/mol. The lowest BCUT2D eigenvalue weighted by molar-refractivity contribution is 0.384. The van der Waals surface area contributed by atoms with Crippen molar-refractivity contribution in [2.45, 2.75) is 13.8 Å².